The third kappa shape index (κ3) is 5.46. The molecule has 0 saturated heterocycles. The van der Waals surface area contributed by atoms with Crippen LogP contribution in [0.15, 0.2) is 29.2 Å². The van der Waals surface area contributed by atoms with E-state index in [2.05, 4.69) is 5.32 Å². The molecule has 2 rings (SSSR count). The van der Waals surface area contributed by atoms with Crippen molar-refractivity contribution in [3.05, 3.63) is 29.8 Å². The highest BCUT2D eigenvalue weighted by Gasteiger charge is 2.29. The van der Waals surface area contributed by atoms with Gasteiger partial charge in [-0.2, -0.15) is 13.2 Å². The lowest BCUT2D eigenvalue weighted by atomic mass is 9.86. The lowest BCUT2D eigenvalue weighted by Gasteiger charge is -2.26. The van der Waals surface area contributed by atoms with Crippen molar-refractivity contribution in [1.29, 1.82) is 0 Å². The van der Waals surface area contributed by atoms with Crippen LogP contribution in [0.4, 0.5) is 13.2 Å². The zero-order valence-electron chi connectivity index (χ0n) is 12.1. The van der Waals surface area contributed by atoms with Crippen LogP contribution in [0.5, 0.6) is 0 Å². The number of alkyl halides is 3. The van der Waals surface area contributed by atoms with Crippen LogP contribution in [0.1, 0.15) is 36.0 Å². The van der Waals surface area contributed by atoms with Crippen LogP contribution in [0.25, 0.3) is 0 Å². The zero-order valence-corrected chi connectivity index (χ0v) is 12.9. The summed E-state index contributed by atoms with van der Waals surface area (Å²) >= 11 is -0.228. The Morgan fingerprint density at radius 1 is 1.09 bits per heavy atom. The first-order valence-corrected chi connectivity index (χ1v) is 7.96. The van der Waals surface area contributed by atoms with Crippen LogP contribution in [0.2, 0.25) is 0 Å². The summed E-state index contributed by atoms with van der Waals surface area (Å²) in [6.45, 7) is 0. The minimum absolute atomic E-state index is 0.0241. The van der Waals surface area contributed by atoms with E-state index in [1.807, 2.05) is 0 Å². The molecule has 0 bridgehead atoms. The molecule has 1 aliphatic rings. The third-order valence-corrected chi connectivity index (χ3v) is 4.50. The number of thioether (sulfide) groups is 1. The fourth-order valence-corrected chi connectivity index (χ4v) is 3.10. The molecule has 8 heteroatoms. The molecule has 0 radical (unpaired) electrons. The maximum atomic E-state index is 12.2. The minimum atomic E-state index is -4.35. The molecule has 1 aliphatic carbocycles. The summed E-state index contributed by atoms with van der Waals surface area (Å²) in [7, 11) is 0. The van der Waals surface area contributed by atoms with Gasteiger partial charge in [-0.15, -0.1) is 0 Å². The number of amides is 1. The number of hydrogen-bond acceptors (Lipinski definition) is 3. The monoisotopic (exact) mass is 347 g/mol. The molecule has 126 valence electrons. The summed E-state index contributed by atoms with van der Waals surface area (Å²) in [6.07, 6.45) is 2.21. The standard InChI is InChI=1S/C15H16F3NO3S/c16-15(17,18)23-12-7-3-9(4-8-12)13(20)19-11-5-1-10(2-6-11)14(21)22/h3-4,7-8,10-11H,1-2,5-6H2,(H,19,20)(H,21,22). The van der Waals surface area contributed by atoms with Crippen molar-refractivity contribution in [3.63, 3.8) is 0 Å². The van der Waals surface area contributed by atoms with Gasteiger partial charge in [-0.3, -0.25) is 9.59 Å². The van der Waals surface area contributed by atoms with Gasteiger partial charge in [0.2, 0.25) is 0 Å². The van der Waals surface area contributed by atoms with Crippen molar-refractivity contribution in [2.45, 2.75) is 42.1 Å². The van der Waals surface area contributed by atoms with Crippen molar-refractivity contribution in [2.24, 2.45) is 5.92 Å². The molecule has 0 atom stereocenters. The van der Waals surface area contributed by atoms with Gasteiger partial charge in [0.05, 0.1) is 5.92 Å². The number of benzene rings is 1. The van der Waals surface area contributed by atoms with Gasteiger partial charge < -0.3 is 10.4 Å². The first-order chi connectivity index (χ1) is 10.7. The predicted molar refractivity (Wildman–Crippen MR) is 79.2 cm³/mol. The largest absolute Gasteiger partial charge is 0.481 e. The summed E-state index contributed by atoms with van der Waals surface area (Å²) in [5.74, 6) is -1.53. The van der Waals surface area contributed by atoms with Crippen molar-refractivity contribution < 1.29 is 27.9 Å². The summed E-state index contributed by atoms with van der Waals surface area (Å²) in [5.41, 5.74) is -4.07. The molecule has 0 aliphatic heterocycles. The fraction of sp³-hybridized carbons (Fsp3) is 0.467. The Kier molecular flexibility index (Phi) is 5.56. The molecule has 1 aromatic rings. The Morgan fingerprint density at radius 2 is 1.65 bits per heavy atom. The van der Waals surface area contributed by atoms with Crippen molar-refractivity contribution in [2.75, 3.05) is 0 Å². The van der Waals surface area contributed by atoms with E-state index in [0.717, 1.165) is 0 Å². The highest BCUT2D eigenvalue weighted by atomic mass is 32.2. The van der Waals surface area contributed by atoms with E-state index >= 15 is 0 Å². The number of carbonyl (C=O) groups is 2. The summed E-state index contributed by atoms with van der Waals surface area (Å²) in [6, 6.07) is 5.13. The van der Waals surface area contributed by atoms with Crippen molar-refractivity contribution in [3.8, 4) is 0 Å². The SMILES string of the molecule is O=C(NC1CCC(C(=O)O)CC1)c1ccc(SC(F)(F)F)cc1. The number of rotatable bonds is 4. The summed E-state index contributed by atoms with van der Waals surface area (Å²) < 4.78 is 36.7. The summed E-state index contributed by atoms with van der Waals surface area (Å²) in [5, 5.41) is 11.7. The van der Waals surface area contributed by atoms with E-state index in [-0.39, 0.29) is 40.1 Å². The molecule has 1 fully saturated rings. The van der Waals surface area contributed by atoms with E-state index in [4.69, 9.17) is 5.11 Å². The smallest absolute Gasteiger partial charge is 0.446 e. The molecule has 2 N–H and O–H groups in total. The van der Waals surface area contributed by atoms with Crippen LogP contribution < -0.4 is 5.32 Å². The average Bonchev–Trinajstić information content (AvgIpc) is 2.46. The van der Waals surface area contributed by atoms with Crippen LogP contribution in [-0.2, 0) is 4.79 Å². The Morgan fingerprint density at radius 3 is 2.13 bits per heavy atom. The topological polar surface area (TPSA) is 66.4 Å². The van der Waals surface area contributed by atoms with Crippen molar-refractivity contribution >= 4 is 23.6 Å². The van der Waals surface area contributed by atoms with Crippen LogP contribution in [0.3, 0.4) is 0 Å². The minimum Gasteiger partial charge on any atom is -0.481 e. The van der Waals surface area contributed by atoms with Gasteiger partial charge in [-0.05, 0) is 61.7 Å². The van der Waals surface area contributed by atoms with E-state index in [1.165, 1.54) is 24.3 Å². The molecular formula is C15H16F3NO3S. The van der Waals surface area contributed by atoms with Crippen LogP contribution >= 0.6 is 11.8 Å². The number of carbonyl (C=O) groups excluding carboxylic acids is 1. The van der Waals surface area contributed by atoms with E-state index in [9.17, 15) is 22.8 Å². The Labute approximate surface area is 135 Å². The van der Waals surface area contributed by atoms with Gasteiger partial charge in [-0.1, -0.05) is 0 Å². The highest BCUT2D eigenvalue weighted by molar-refractivity contribution is 8.00. The number of halogens is 3. The second kappa shape index (κ2) is 7.25. The van der Waals surface area contributed by atoms with E-state index < -0.39 is 11.5 Å². The van der Waals surface area contributed by atoms with Gasteiger partial charge >= 0.3 is 11.5 Å². The molecular weight excluding hydrogens is 331 g/mol. The summed E-state index contributed by atoms with van der Waals surface area (Å²) in [4.78, 5) is 23.0. The molecule has 4 nitrogen and oxygen atoms in total. The maximum Gasteiger partial charge on any atom is 0.446 e. The lowest BCUT2D eigenvalue weighted by Crippen LogP contribution is -2.38. The fourth-order valence-electron chi connectivity index (χ4n) is 2.56. The van der Waals surface area contributed by atoms with Crippen LogP contribution in [-0.4, -0.2) is 28.5 Å². The second-order valence-electron chi connectivity index (χ2n) is 5.43. The Bertz CT molecular complexity index is 566. The number of aliphatic carboxylic acids is 1. The number of carboxylic acid groups (broad SMARTS) is 1. The zero-order chi connectivity index (χ0) is 17.0. The van der Waals surface area contributed by atoms with Gasteiger partial charge in [0.25, 0.3) is 5.91 Å². The van der Waals surface area contributed by atoms with E-state index in [1.54, 1.807) is 0 Å². The first-order valence-electron chi connectivity index (χ1n) is 7.14. The quantitative estimate of drug-likeness (QED) is 0.816. The average molecular weight is 347 g/mol. The highest BCUT2D eigenvalue weighted by Crippen LogP contribution is 2.36. The lowest BCUT2D eigenvalue weighted by molar-refractivity contribution is -0.142. The van der Waals surface area contributed by atoms with Gasteiger partial charge in [0, 0.05) is 16.5 Å². The Hall–Kier alpha value is -1.70. The number of nitrogens with one attached hydrogen (secondary N) is 1. The van der Waals surface area contributed by atoms with Crippen molar-refractivity contribution in [1.82, 2.24) is 5.32 Å². The maximum absolute atomic E-state index is 12.2. The molecule has 1 saturated carbocycles. The molecule has 0 heterocycles. The molecule has 0 unspecified atom stereocenters. The number of carboxylic acids is 1. The molecule has 0 spiro atoms. The molecule has 1 amide bonds. The van der Waals surface area contributed by atoms with Gasteiger partial charge in [0.15, 0.2) is 0 Å². The van der Waals surface area contributed by atoms with Crippen LogP contribution in [0, 0.1) is 5.92 Å². The van der Waals surface area contributed by atoms with Gasteiger partial charge in [0.1, 0.15) is 0 Å². The predicted octanol–water partition coefficient (Wildman–Crippen LogP) is 3.67. The molecule has 0 aromatic heterocycles. The Balaban J connectivity index is 1.88. The number of hydrogen-bond donors (Lipinski definition) is 2. The normalized spacial score (nSPS) is 21.7. The molecule has 23 heavy (non-hydrogen) atoms. The van der Waals surface area contributed by atoms with Gasteiger partial charge in [-0.25, -0.2) is 0 Å². The molecule has 1 aromatic carbocycles. The van der Waals surface area contributed by atoms with E-state index in [0.29, 0.717) is 25.7 Å². The third-order valence-electron chi connectivity index (χ3n) is 3.76. The first kappa shape index (κ1) is 17.7. The second-order valence-corrected chi connectivity index (χ2v) is 6.57.